The summed E-state index contributed by atoms with van der Waals surface area (Å²) in [4.78, 5) is 11.8. The average Bonchev–Trinajstić information content (AvgIpc) is 3.77. The molecule has 4 heterocycles. The first-order valence-corrected chi connectivity index (χ1v) is 19.3. The maximum absolute atomic E-state index is 12.3. The number of aromatic nitrogens is 1. The summed E-state index contributed by atoms with van der Waals surface area (Å²) in [6, 6.07) is 2.28. The fourth-order valence-corrected chi connectivity index (χ4v) is 13.6. The minimum atomic E-state index is -1.48. The summed E-state index contributed by atoms with van der Waals surface area (Å²) in [7, 11) is 0. The van der Waals surface area contributed by atoms with Crippen molar-refractivity contribution in [2.75, 3.05) is 0 Å². The van der Waals surface area contributed by atoms with Crippen LogP contribution in [0.15, 0.2) is 18.7 Å². The zero-order chi connectivity index (χ0) is 37.6. The van der Waals surface area contributed by atoms with Crippen molar-refractivity contribution in [3.05, 3.63) is 46.8 Å². The number of ether oxygens (including phenoxy) is 2. The third-order valence-corrected chi connectivity index (χ3v) is 15.9. The molecule has 52 heavy (non-hydrogen) atoms. The molecule has 2 aliphatic heterocycles. The van der Waals surface area contributed by atoms with E-state index in [-0.39, 0.29) is 28.4 Å². The van der Waals surface area contributed by atoms with Crippen LogP contribution in [0.1, 0.15) is 129 Å². The van der Waals surface area contributed by atoms with Gasteiger partial charge < -0.3 is 39.4 Å². The van der Waals surface area contributed by atoms with Crippen molar-refractivity contribution < 1.29 is 39.8 Å². The molecule has 3 aromatic rings. The molecule has 11 atom stereocenters. The molecule has 0 amide bonds. The SMILES string of the molecule is C=C(C)c1c(O)c2c3c(cc4c5c(n1c42)C1(C)C(CCC2[C@]4(C)CC(C(O)C(C)C(=O)O)OC4(O)CC[C@@]21C)C5)C1=CC(C)(C)OC(C)(C)C1[C@@H]3O. The number of benzene rings is 1. The lowest BCUT2D eigenvalue weighted by molar-refractivity contribution is -0.301. The summed E-state index contributed by atoms with van der Waals surface area (Å²) in [5.74, 6) is -3.37. The predicted octanol–water partition coefficient (Wildman–Crippen LogP) is 7.11. The first-order chi connectivity index (χ1) is 24.0. The van der Waals surface area contributed by atoms with Crippen LogP contribution in [0.2, 0.25) is 0 Å². The highest BCUT2D eigenvalue weighted by molar-refractivity contribution is 6.11. The third kappa shape index (κ3) is 3.80. The number of fused-ring (bicyclic) bond motifs is 13. The zero-order valence-corrected chi connectivity index (χ0v) is 32.1. The number of carboxylic acids is 1. The standard InChI is InChI=1S/C43H55NO8/c1-19(2)31-35(47)29-28-22(25-17-38(4,5)52-39(6,7)30(25)34(28)46)16-23-24-15-21-11-12-27-40(8,42(21,10)36(24)44(31)32(23)29)13-14-43(50)41(27,9)18-26(51-43)33(45)20(3)37(48)49/h16-17,20-21,26-27,30,33-34,45-47,50H,1,11-15,18H2,2-10H3,(H,48,49)/t20?,21?,26?,27?,30?,33?,34-,40+,41+,42?,43?/m1/s1. The highest BCUT2D eigenvalue weighted by Gasteiger charge is 2.73. The van der Waals surface area contributed by atoms with Gasteiger partial charge in [-0.3, -0.25) is 4.79 Å². The molecule has 3 fully saturated rings. The maximum atomic E-state index is 12.3. The van der Waals surface area contributed by atoms with Crippen LogP contribution in [0.4, 0.5) is 0 Å². The van der Waals surface area contributed by atoms with Crippen LogP contribution in [0, 0.1) is 34.5 Å². The molecule has 9 nitrogen and oxygen atoms in total. The van der Waals surface area contributed by atoms with Gasteiger partial charge in [0.15, 0.2) is 5.79 Å². The van der Waals surface area contributed by atoms with Crippen molar-refractivity contribution in [2.45, 2.75) is 142 Å². The lowest BCUT2D eigenvalue weighted by Crippen LogP contribution is -2.65. The van der Waals surface area contributed by atoms with E-state index in [1.165, 1.54) is 18.2 Å². The van der Waals surface area contributed by atoms with Crippen molar-refractivity contribution in [2.24, 2.45) is 34.5 Å². The molecule has 0 bridgehead atoms. The van der Waals surface area contributed by atoms with Crippen LogP contribution in [0.25, 0.3) is 27.4 Å². The fourth-order valence-electron chi connectivity index (χ4n) is 13.6. The van der Waals surface area contributed by atoms with Gasteiger partial charge in [0.05, 0.1) is 46.6 Å². The van der Waals surface area contributed by atoms with E-state index in [4.69, 9.17) is 9.47 Å². The largest absolute Gasteiger partial charge is 0.505 e. The van der Waals surface area contributed by atoms with E-state index in [1.807, 2.05) is 20.8 Å². The van der Waals surface area contributed by atoms with Crippen molar-refractivity contribution in [3.63, 3.8) is 0 Å². The van der Waals surface area contributed by atoms with Crippen LogP contribution >= 0.6 is 0 Å². The van der Waals surface area contributed by atoms with Gasteiger partial charge in [0.25, 0.3) is 0 Å². The molecule has 2 saturated carbocycles. The Morgan fingerprint density at radius 1 is 1.08 bits per heavy atom. The second-order valence-electron chi connectivity index (χ2n) is 19.4. The van der Waals surface area contributed by atoms with Gasteiger partial charge >= 0.3 is 5.97 Å². The number of allylic oxidation sites excluding steroid dienone is 1. The Morgan fingerprint density at radius 3 is 2.42 bits per heavy atom. The summed E-state index contributed by atoms with van der Waals surface area (Å²) >= 11 is 0. The number of carbonyl (C=O) groups is 1. The first kappa shape index (κ1) is 34.8. The Kier molecular flexibility index (Phi) is 6.70. The van der Waals surface area contributed by atoms with Crippen LogP contribution in [-0.4, -0.2) is 65.1 Å². The van der Waals surface area contributed by atoms with Crippen LogP contribution in [-0.2, 0) is 26.1 Å². The Balaban J connectivity index is 1.26. The molecule has 9 heteroatoms. The van der Waals surface area contributed by atoms with Gasteiger partial charge in [0.1, 0.15) is 5.75 Å². The Hall–Kier alpha value is -2.95. The molecule has 4 aliphatic carbocycles. The molecule has 1 aromatic carbocycles. The van der Waals surface area contributed by atoms with Crippen LogP contribution in [0.3, 0.4) is 0 Å². The van der Waals surface area contributed by atoms with Gasteiger partial charge in [0.2, 0.25) is 0 Å². The molecule has 1 saturated heterocycles. The van der Waals surface area contributed by atoms with E-state index in [0.29, 0.717) is 36.3 Å². The Labute approximate surface area is 305 Å². The lowest BCUT2D eigenvalue weighted by Gasteiger charge is -2.65. The zero-order valence-electron chi connectivity index (χ0n) is 32.1. The molecular weight excluding hydrogens is 658 g/mol. The topological polar surface area (TPSA) is 141 Å². The van der Waals surface area contributed by atoms with Gasteiger partial charge in [-0.05, 0) is 125 Å². The molecule has 5 N–H and O–H groups in total. The fraction of sp³-hybridized carbons (Fsp3) is 0.651. The van der Waals surface area contributed by atoms with Crippen LogP contribution < -0.4 is 0 Å². The van der Waals surface area contributed by atoms with Gasteiger partial charge in [-0.1, -0.05) is 27.4 Å². The minimum Gasteiger partial charge on any atom is -0.505 e. The highest BCUT2D eigenvalue weighted by atomic mass is 16.6. The summed E-state index contributed by atoms with van der Waals surface area (Å²) in [5.41, 5.74) is 5.13. The summed E-state index contributed by atoms with van der Waals surface area (Å²) in [6.45, 7) is 22.9. The molecule has 8 unspecified atom stereocenters. The quantitative estimate of drug-likeness (QED) is 0.193. The van der Waals surface area contributed by atoms with E-state index >= 15 is 0 Å². The Bertz CT molecular complexity index is 2140. The molecule has 280 valence electrons. The normalized spacial score (nSPS) is 40.8. The molecule has 2 aromatic heterocycles. The van der Waals surface area contributed by atoms with Gasteiger partial charge in [-0.15, -0.1) is 0 Å². The molecule has 6 aliphatic rings. The average molecular weight is 714 g/mol. The maximum Gasteiger partial charge on any atom is 0.308 e. The minimum absolute atomic E-state index is 0.0188. The van der Waals surface area contributed by atoms with Crippen molar-refractivity contribution in [1.29, 1.82) is 0 Å². The van der Waals surface area contributed by atoms with E-state index in [9.17, 15) is 30.3 Å². The predicted molar refractivity (Wildman–Crippen MR) is 198 cm³/mol. The number of aliphatic carboxylic acids is 1. The Morgan fingerprint density at radius 2 is 1.77 bits per heavy atom. The van der Waals surface area contributed by atoms with E-state index < -0.39 is 52.6 Å². The van der Waals surface area contributed by atoms with E-state index in [1.54, 1.807) is 0 Å². The smallest absolute Gasteiger partial charge is 0.308 e. The number of rotatable bonds is 4. The van der Waals surface area contributed by atoms with Gasteiger partial charge in [-0.25, -0.2) is 0 Å². The molecule has 0 radical (unpaired) electrons. The number of aliphatic hydroxyl groups is 3. The van der Waals surface area contributed by atoms with Crippen LogP contribution in [0.5, 0.6) is 5.75 Å². The van der Waals surface area contributed by atoms with Gasteiger partial charge in [-0.2, -0.15) is 0 Å². The lowest BCUT2D eigenvalue weighted by atomic mass is 9.40. The third-order valence-electron chi connectivity index (χ3n) is 15.9. The number of aliphatic hydroxyl groups excluding tert-OH is 2. The van der Waals surface area contributed by atoms with Crippen molar-refractivity contribution in [1.82, 2.24) is 4.40 Å². The molecule has 9 rings (SSSR count). The number of nitrogens with zero attached hydrogens (tertiary/aromatic N) is 1. The highest BCUT2D eigenvalue weighted by Crippen LogP contribution is 2.74. The second-order valence-corrected chi connectivity index (χ2v) is 19.4. The number of carboxylic acid groups (broad SMARTS) is 1. The monoisotopic (exact) mass is 713 g/mol. The second kappa shape index (κ2) is 10.0. The van der Waals surface area contributed by atoms with Crippen molar-refractivity contribution >= 4 is 33.4 Å². The first-order valence-electron chi connectivity index (χ1n) is 19.3. The number of hydrogen-bond acceptors (Lipinski definition) is 7. The summed E-state index contributed by atoms with van der Waals surface area (Å²) in [6.07, 6.45) is 3.44. The number of hydrogen-bond donors (Lipinski definition) is 5. The molecule has 0 spiro atoms. The van der Waals surface area contributed by atoms with Crippen molar-refractivity contribution in [3.8, 4) is 5.75 Å². The van der Waals surface area contributed by atoms with E-state index in [2.05, 4.69) is 57.7 Å². The summed E-state index contributed by atoms with van der Waals surface area (Å²) in [5, 5.41) is 59.4. The molecular formula is C43H55NO8. The van der Waals surface area contributed by atoms with E-state index in [0.717, 1.165) is 52.4 Å². The van der Waals surface area contributed by atoms with Gasteiger partial charge in [0, 0.05) is 45.2 Å². The summed E-state index contributed by atoms with van der Waals surface area (Å²) < 4.78 is 15.2. The number of aromatic hydroxyl groups is 1.